The summed E-state index contributed by atoms with van der Waals surface area (Å²) in [5.74, 6) is 1.29. The predicted molar refractivity (Wildman–Crippen MR) is 186 cm³/mol. The van der Waals surface area contributed by atoms with E-state index in [4.69, 9.17) is 9.97 Å². The molecule has 0 aliphatic rings. The van der Waals surface area contributed by atoms with Gasteiger partial charge in [0.15, 0.2) is 11.6 Å². The van der Waals surface area contributed by atoms with E-state index in [1.165, 1.54) is 0 Å². The number of pyridine rings is 1. The number of hydrogen-bond donors (Lipinski definition) is 0. The second-order valence-electron chi connectivity index (χ2n) is 11.1. The lowest BCUT2D eigenvalue weighted by Crippen LogP contribution is -1.97. The molecule has 46 heavy (non-hydrogen) atoms. The lowest BCUT2D eigenvalue weighted by atomic mass is 9.96. The molecule has 0 aliphatic heterocycles. The van der Waals surface area contributed by atoms with Crippen LogP contribution in [0.1, 0.15) is 0 Å². The Bertz CT molecular complexity index is 2270. The van der Waals surface area contributed by atoms with Crippen LogP contribution in [0.2, 0.25) is 0 Å². The highest BCUT2D eigenvalue weighted by molar-refractivity contribution is 5.96. The maximum atomic E-state index is 5.24. The molecule has 216 valence electrons. The first-order valence-corrected chi connectivity index (χ1v) is 15.1. The molecule has 0 saturated heterocycles. The minimum atomic E-state index is 0.643. The van der Waals surface area contributed by atoms with Gasteiger partial charge in [-0.3, -0.25) is 4.98 Å². The van der Waals surface area contributed by atoms with E-state index in [1.807, 2.05) is 42.6 Å². The molecule has 0 fully saturated rings. The minimum absolute atomic E-state index is 0.643. The van der Waals surface area contributed by atoms with Crippen LogP contribution in [0, 0.1) is 0 Å². The second-order valence-corrected chi connectivity index (χ2v) is 11.1. The maximum absolute atomic E-state index is 5.24. The Morgan fingerprint density at radius 1 is 0.348 bits per heavy atom. The minimum Gasteiger partial charge on any atom is -0.264 e. The Balaban J connectivity index is 1.30. The van der Waals surface area contributed by atoms with Crippen LogP contribution in [-0.4, -0.2) is 24.9 Å². The zero-order valence-electron chi connectivity index (χ0n) is 24.8. The van der Waals surface area contributed by atoms with Crippen molar-refractivity contribution in [2.45, 2.75) is 0 Å². The Morgan fingerprint density at radius 2 is 0.935 bits per heavy atom. The average Bonchev–Trinajstić information content (AvgIpc) is 3.15. The van der Waals surface area contributed by atoms with Gasteiger partial charge < -0.3 is 0 Å². The fourth-order valence-corrected chi connectivity index (χ4v) is 5.77. The summed E-state index contributed by atoms with van der Waals surface area (Å²) < 4.78 is 0. The number of rotatable bonds is 6. The Kier molecular flexibility index (Phi) is 7.09. The molecule has 0 atom stereocenters. The third-order valence-corrected chi connectivity index (χ3v) is 8.08. The summed E-state index contributed by atoms with van der Waals surface area (Å²) in [6, 6.07) is 47.9. The normalized spacial score (nSPS) is 11.0. The van der Waals surface area contributed by atoms with Gasteiger partial charge in [-0.15, -0.1) is 0 Å². The predicted octanol–water partition coefficient (Wildman–Crippen LogP) is 9.82. The van der Waals surface area contributed by atoms with E-state index in [0.29, 0.717) is 11.6 Å². The molecule has 0 unspecified atom stereocenters. The number of benzene rings is 5. The van der Waals surface area contributed by atoms with Crippen LogP contribution in [0.4, 0.5) is 0 Å². The summed E-state index contributed by atoms with van der Waals surface area (Å²) in [6.07, 6.45) is 7.20. The van der Waals surface area contributed by atoms with Crippen molar-refractivity contribution in [3.63, 3.8) is 0 Å². The summed E-state index contributed by atoms with van der Waals surface area (Å²) in [5.41, 5.74) is 11.2. The van der Waals surface area contributed by atoms with Gasteiger partial charge in [-0.05, 0) is 75.8 Å². The molecular weight excluding hydrogens is 562 g/mol. The summed E-state index contributed by atoms with van der Waals surface area (Å²) in [4.78, 5) is 23.8. The van der Waals surface area contributed by atoms with E-state index in [9.17, 15) is 0 Å². The van der Waals surface area contributed by atoms with Gasteiger partial charge >= 0.3 is 0 Å². The van der Waals surface area contributed by atoms with Gasteiger partial charge in [-0.2, -0.15) is 0 Å². The highest BCUT2D eigenvalue weighted by Gasteiger charge is 2.16. The zero-order valence-corrected chi connectivity index (χ0v) is 24.8. The highest BCUT2D eigenvalue weighted by atomic mass is 14.9. The Morgan fingerprint density at radius 3 is 1.63 bits per heavy atom. The van der Waals surface area contributed by atoms with Gasteiger partial charge in [0.2, 0.25) is 0 Å². The van der Waals surface area contributed by atoms with Crippen LogP contribution in [-0.2, 0) is 0 Å². The van der Waals surface area contributed by atoms with Crippen LogP contribution in [0.5, 0.6) is 0 Å². The summed E-state index contributed by atoms with van der Waals surface area (Å²) in [5, 5.41) is 1.00. The van der Waals surface area contributed by atoms with E-state index >= 15 is 0 Å². The van der Waals surface area contributed by atoms with Gasteiger partial charge in [0, 0.05) is 46.9 Å². The Labute approximate surface area is 267 Å². The van der Waals surface area contributed by atoms with Crippen LogP contribution in [0.25, 0.3) is 78.3 Å². The highest BCUT2D eigenvalue weighted by Crippen LogP contribution is 2.35. The third kappa shape index (κ3) is 5.42. The number of nitrogens with zero attached hydrogens (tertiary/aromatic N) is 5. The lowest BCUT2D eigenvalue weighted by molar-refractivity contribution is 1.17. The maximum Gasteiger partial charge on any atom is 0.160 e. The van der Waals surface area contributed by atoms with Crippen molar-refractivity contribution >= 4 is 10.9 Å². The molecule has 0 aliphatic carbocycles. The molecule has 0 saturated carbocycles. The van der Waals surface area contributed by atoms with Crippen LogP contribution >= 0.6 is 0 Å². The molecule has 0 spiro atoms. The van der Waals surface area contributed by atoms with Crippen LogP contribution < -0.4 is 0 Å². The molecule has 0 radical (unpaired) electrons. The zero-order chi connectivity index (χ0) is 30.7. The standard InChI is InChI=1S/C41H27N5/c1-3-9-28(10-4-1)32-18-19-38-37(26-32)39(31-11-5-2-6-12-31)46-41(45-38)36-24-34(23-35(25-36)40-43-21-8-22-44-40)30-16-14-29(15-17-30)33-13-7-20-42-27-33/h1-27H. The Hall–Kier alpha value is -6.33. The molecule has 0 bridgehead atoms. The molecule has 8 rings (SSSR count). The first kappa shape index (κ1) is 27.2. The van der Waals surface area contributed by atoms with Crippen molar-refractivity contribution in [3.8, 4) is 67.4 Å². The fourth-order valence-electron chi connectivity index (χ4n) is 5.77. The molecule has 5 aromatic carbocycles. The summed E-state index contributed by atoms with van der Waals surface area (Å²) in [7, 11) is 0. The molecule has 8 aromatic rings. The van der Waals surface area contributed by atoms with Gasteiger partial charge in [-0.1, -0.05) is 97.1 Å². The fraction of sp³-hybridized carbons (Fsp3) is 0. The van der Waals surface area contributed by atoms with E-state index in [1.54, 1.807) is 18.6 Å². The van der Waals surface area contributed by atoms with Crippen LogP contribution in [0.3, 0.4) is 0 Å². The average molecular weight is 590 g/mol. The van der Waals surface area contributed by atoms with Gasteiger partial charge in [0.05, 0.1) is 11.2 Å². The van der Waals surface area contributed by atoms with E-state index < -0.39 is 0 Å². The number of aromatic nitrogens is 5. The van der Waals surface area contributed by atoms with Crippen molar-refractivity contribution in [3.05, 3.63) is 164 Å². The van der Waals surface area contributed by atoms with E-state index in [0.717, 1.165) is 66.7 Å². The van der Waals surface area contributed by atoms with E-state index in [-0.39, 0.29) is 0 Å². The van der Waals surface area contributed by atoms with E-state index in [2.05, 4.69) is 118 Å². The first-order chi connectivity index (χ1) is 22.8. The first-order valence-electron chi connectivity index (χ1n) is 15.1. The molecule has 3 aromatic heterocycles. The van der Waals surface area contributed by atoms with Crippen LogP contribution in [0.15, 0.2) is 164 Å². The van der Waals surface area contributed by atoms with Crippen molar-refractivity contribution in [2.24, 2.45) is 0 Å². The smallest absolute Gasteiger partial charge is 0.160 e. The quantitative estimate of drug-likeness (QED) is 0.193. The van der Waals surface area contributed by atoms with Crippen molar-refractivity contribution in [2.75, 3.05) is 0 Å². The van der Waals surface area contributed by atoms with Gasteiger partial charge in [0.1, 0.15) is 0 Å². The monoisotopic (exact) mass is 589 g/mol. The molecule has 0 amide bonds. The summed E-state index contributed by atoms with van der Waals surface area (Å²) in [6.45, 7) is 0. The topological polar surface area (TPSA) is 64.5 Å². The third-order valence-electron chi connectivity index (χ3n) is 8.08. The lowest BCUT2D eigenvalue weighted by Gasteiger charge is -2.13. The summed E-state index contributed by atoms with van der Waals surface area (Å²) >= 11 is 0. The number of fused-ring (bicyclic) bond motifs is 1. The van der Waals surface area contributed by atoms with Crippen molar-refractivity contribution in [1.82, 2.24) is 24.9 Å². The molecule has 5 nitrogen and oxygen atoms in total. The van der Waals surface area contributed by atoms with Gasteiger partial charge in [-0.25, -0.2) is 19.9 Å². The second kappa shape index (κ2) is 12.0. The van der Waals surface area contributed by atoms with Crippen molar-refractivity contribution < 1.29 is 0 Å². The molecule has 5 heteroatoms. The molecule has 3 heterocycles. The SMILES string of the molecule is c1ccc(-c2ccc3nc(-c4cc(-c5ccc(-c6cccnc6)cc5)cc(-c5ncccn5)c4)nc(-c4ccccc4)c3c2)cc1. The largest absolute Gasteiger partial charge is 0.264 e. The van der Waals surface area contributed by atoms with Gasteiger partial charge in [0.25, 0.3) is 0 Å². The van der Waals surface area contributed by atoms with Crippen molar-refractivity contribution in [1.29, 1.82) is 0 Å². The number of hydrogen-bond acceptors (Lipinski definition) is 5. The molecular formula is C41H27N5. The molecule has 0 N–H and O–H groups in total.